The fraction of sp³-hybridized carbons (Fsp3) is 0.882. The number of aliphatic hydroxyl groups excluding tert-OH is 1. The maximum Gasteiger partial charge on any atom is 0.129 e. The van der Waals surface area contributed by atoms with Gasteiger partial charge in [-0.1, -0.05) is 71.0 Å². The molecule has 19 heavy (non-hydrogen) atoms. The smallest absolute Gasteiger partial charge is 0.129 e. The molecule has 112 valence electrons. The highest BCUT2D eigenvalue weighted by atomic mass is 28.3. The molecule has 0 rings (SSSR count). The molecule has 0 aliphatic rings. The molecule has 0 saturated carbocycles. The van der Waals surface area contributed by atoms with Crippen LogP contribution < -0.4 is 0 Å². The Morgan fingerprint density at radius 2 is 1.11 bits per heavy atom. The molecule has 0 amide bonds. The average molecular weight is 283 g/mol. The first kappa shape index (κ1) is 18.7. The second kappa shape index (κ2) is 12.8. The molecule has 0 aromatic rings. The van der Waals surface area contributed by atoms with E-state index in [4.69, 9.17) is 5.11 Å². The Bertz CT molecular complexity index is 244. The molecule has 1 N–H and O–H groups in total. The van der Waals surface area contributed by atoms with Gasteiger partial charge in [-0.25, -0.2) is 0 Å². The van der Waals surface area contributed by atoms with Crippen molar-refractivity contribution in [2.75, 3.05) is 6.61 Å². The molecule has 0 aliphatic carbocycles. The van der Waals surface area contributed by atoms with Crippen LogP contribution in [-0.2, 0) is 0 Å². The summed E-state index contributed by atoms with van der Waals surface area (Å²) >= 11 is 0. The molecule has 0 heterocycles. The van der Waals surface area contributed by atoms with E-state index in [1.165, 1.54) is 57.8 Å². The molecule has 0 atom stereocenters. The molecule has 0 spiro atoms. The summed E-state index contributed by atoms with van der Waals surface area (Å²) in [4.78, 5) is 0. The Labute approximate surface area is 122 Å². The predicted molar refractivity (Wildman–Crippen MR) is 89.0 cm³/mol. The average Bonchev–Trinajstić information content (AvgIpc) is 2.34. The van der Waals surface area contributed by atoms with Gasteiger partial charge < -0.3 is 5.11 Å². The van der Waals surface area contributed by atoms with Gasteiger partial charge in [0.15, 0.2) is 0 Å². The van der Waals surface area contributed by atoms with E-state index >= 15 is 0 Å². The first-order chi connectivity index (χ1) is 9.06. The van der Waals surface area contributed by atoms with Crippen LogP contribution in [0.2, 0.25) is 19.6 Å². The van der Waals surface area contributed by atoms with Gasteiger partial charge in [-0.3, -0.25) is 0 Å². The molecular weight excluding hydrogens is 248 g/mol. The molecule has 0 aromatic heterocycles. The quantitative estimate of drug-likeness (QED) is 0.316. The van der Waals surface area contributed by atoms with Crippen LogP contribution in [-0.4, -0.2) is 19.8 Å². The SMILES string of the molecule is C[Si](C)(C)C#CCCCCCCCCCCCCO. The number of unbranched alkanes of at least 4 members (excludes halogenated alkanes) is 10. The van der Waals surface area contributed by atoms with Crippen molar-refractivity contribution < 1.29 is 5.11 Å². The van der Waals surface area contributed by atoms with Crippen molar-refractivity contribution in [1.29, 1.82) is 0 Å². The minimum atomic E-state index is -1.13. The van der Waals surface area contributed by atoms with Gasteiger partial charge in [0.05, 0.1) is 0 Å². The zero-order valence-corrected chi connectivity index (χ0v) is 14.4. The van der Waals surface area contributed by atoms with Gasteiger partial charge in [-0.05, 0) is 12.8 Å². The highest BCUT2D eigenvalue weighted by Gasteiger charge is 2.06. The first-order valence-electron chi connectivity index (χ1n) is 8.17. The van der Waals surface area contributed by atoms with Gasteiger partial charge in [0, 0.05) is 13.0 Å². The van der Waals surface area contributed by atoms with Gasteiger partial charge in [0.1, 0.15) is 8.07 Å². The van der Waals surface area contributed by atoms with Crippen LogP contribution in [0.5, 0.6) is 0 Å². The molecule has 1 nitrogen and oxygen atoms in total. The molecule has 0 radical (unpaired) electrons. The molecule has 0 bridgehead atoms. The predicted octanol–water partition coefficient (Wildman–Crippen LogP) is 5.15. The summed E-state index contributed by atoms with van der Waals surface area (Å²) in [5, 5.41) is 8.66. The van der Waals surface area contributed by atoms with Gasteiger partial charge >= 0.3 is 0 Å². The van der Waals surface area contributed by atoms with Crippen LogP contribution in [0, 0.1) is 11.5 Å². The fourth-order valence-corrected chi connectivity index (χ4v) is 2.72. The zero-order chi connectivity index (χ0) is 14.4. The highest BCUT2D eigenvalue weighted by molar-refractivity contribution is 6.83. The van der Waals surface area contributed by atoms with Gasteiger partial charge in [0.2, 0.25) is 0 Å². The third-order valence-electron chi connectivity index (χ3n) is 3.17. The lowest BCUT2D eigenvalue weighted by Gasteiger charge is -2.03. The Balaban J connectivity index is 3.12. The summed E-state index contributed by atoms with van der Waals surface area (Å²) in [7, 11) is -1.13. The number of rotatable bonds is 11. The second-order valence-corrected chi connectivity index (χ2v) is 11.3. The lowest BCUT2D eigenvalue weighted by atomic mass is 10.1. The minimum Gasteiger partial charge on any atom is -0.396 e. The molecule has 0 aliphatic heterocycles. The Kier molecular flexibility index (Phi) is 12.6. The van der Waals surface area contributed by atoms with E-state index in [9.17, 15) is 0 Å². The van der Waals surface area contributed by atoms with Crippen LogP contribution >= 0.6 is 0 Å². The van der Waals surface area contributed by atoms with Gasteiger partial charge in [-0.15, -0.1) is 11.5 Å². The lowest BCUT2D eigenvalue weighted by molar-refractivity contribution is 0.282. The summed E-state index contributed by atoms with van der Waals surface area (Å²) in [5.74, 6) is 3.35. The van der Waals surface area contributed by atoms with Crippen LogP contribution in [0.4, 0.5) is 0 Å². The van der Waals surface area contributed by atoms with Crippen LogP contribution in [0.15, 0.2) is 0 Å². The van der Waals surface area contributed by atoms with Crippen molar-refractivity contribution in [3.05, 3.63) is 0 Å². The second-order valence-electron chi connectivity index (χ2n) is 6.56. The molecular formula is C17H34OSi. The van der Waals surface area contributed by atoms with E-state index < -0.39 is 8.07 Å². The Hall–Kier alpha value is -0.263. The van der Waals surface area contributed by atoms with E-state index in [0.29, 0.717) is 6.61 Å². The van der Waals surface area contributed by atoms with Crippen molar-refractivity contribution in [2.45, 2.75) is 90.3 Å². The largest absolute Gasteiger partial charge is 0.396 e. The van der Waals surface area contributed by atoms with Gasteiger partial charge in [0.25, 0.3) is 0 Å². The number of hydrogen-bond acceptors (Lipinski definition) is 1. The molecule has 2 heteroatoms. The summed E-state index contributed by atoms with van der Waals surface area (Å²) in [6, 6.07) is 0. The lowest BCUT2D eigenvalue weighted by Crippen LogP contribution is -2.16. The van der Waals surface area contributed by atoms with Crippen molar-refractivity contribution in [2.24, 2.45) is 0 Å². The molecule has 0 fully saturated rings. The third-order valence-corrected chi connectivity index (χ3v) is 4.10. The van der Waals surface area contributed by atoms with Crippen molar-refractivity contribution in [3.8, 4) is 11.5 Å². The first-order valence-corrected chi connectivity index (χ1v) is 11.7. The van der Waals surface area contributed by atoms with Gasteiger partial charge in [-0.2, -0.15) is 0 Å². The monoisotopic (exact) mass is 282 g/mol. The highest BCUT2D eigenvalue weighted by Crippen LogP contribution is 2.11. The topological polar surface area (TPSA) is 20.2 Å². The zero-order valence-electron chi connectivity index (χ0n) is 13.4. The maximum atomic E-state index is 8.66. The maximum absolute atomic E-state index is 8.66. The summed E-state index contributed by atoms with van der Waals surface area (Å²) in [5.41, 5.74) is 3.43. The van der Waals surface area contributed by atoms with E-state index in [1.807, 2.05) is 0 Å². The van der Waals surface area contributed by atoms with Crippen molar-refractivity contribution in [3.63, 3.8) is 0 Å². The number of aliphatic hydroxyl groups is 1. The van der Waals surface area contributed by atoms with Crippen LogP contribution in [0.3, 0.4) is 0 Å². The standard InChI is InChI=1S/C17H34OSi/c1-19(2,3)17-15-13-11-9-7-5-4-6-8-10-12-14-16-18/h18H,4-14,16H2,1-3H3. The molecule has 0 saturated heterocycles. The summed E-state index contributed by atoms with van der Waals surface area (Å²) in [6.45, 7) is 7.28. The fourth-order valence-electron chi connectivity index (χ4n) is 2.07. The van der Waals surface area contributed by atoms with E-state index in [2.05, 4.69) is 31.1 Å². The van der Waals surface area contributed by atoms with E-state index in [1.54, 1.807) is 0 Å². The summed E-state index contributed by atoms with van der Waals surface area (Å²) < 4.78 is 0. The minimum absolute atomic E-state index is 0.362. The molecule has 0 aromatic carbocycles. The van der Waals surface area contributed by atoms with Crippen molar-refractivity contribution in [1.82, 2.24) is 0 Å². The van der Waals surface area contributed by atoms with E-state index in [0.717, 1.165) is 12.8 Å². The van der Waals surface area contributed by atoms with Crippen LogP contribution in [0.1, 0.15) is 70.6 Å². The Morgan fingerprint density at radius 1 is 0.684 bits per heavy atom. The summed E-state index contributed by atoms with van der Waals surface area (Å²) in [6.07, 6.45) is 14.1. The Morgan fingerprint density at radius 3 is 1.53 bits per heavy atom. The third kappa shape index (κ3) is 17.7. The number of hydrogen-bond donors (Lipinski definition) is 1. The normalized spacial score (nSPS) is 11.2. The van der Waals surface area contributed by atoms with E-state index in [-0.39, 0.29) is 0 Å². The van der Waals surface area contributed by atoms with Crippen LogP contribution in [0.25, 0.3) is 0 Å². The molecule has 0 unspecified atom stereocenters. The van der Waals surface area contributed by atoms with Crippen molar-refractivity contribution >= 4 is 8.07 Å².